The van der Waals surface area contributed by atoms with Gasteiger partial charge in [-0.1, -0.05) is 31.4 Å². The third kappa shape index (κ3) is 1.71. The van der Waals surface area contributed by atoms with E-state index in [-0.39, 0.29) is 0 Å². The van der Waals surface area contributed by atoms with Gasteiger partial charge in [-0.15, -0.1) is 0 Å². The summed E-state index contributed by atoms with van der Waals surface area (Å²) in [4.78, 5) is 0. The third-order valence-corrected chi connectivity index (χ3v) is 3.14. The molecule has 0 N–H and O–H groups in total. The zero-order valence-corrected chi connectivity index (χ0v) is 7.72. The fourth-order valence-corrected chi connectivity index (χ4v) is 2.46. The first-order valence-electron chi connectivity index (χ1n) is 5.14. The quantitative estimate of drug-likeness (QED) is 0.503. The molecule has 0 bridgehead atoms. The predicted octanol–water partition coefficient (Wildman–Crippen LogP) is 2.91. The lowest BCUT2D eigenvalue weighted by Gasteiger charge is -2.31. The second kappa shape index (κ2) is 3.61. The Kier molecular flexibility index (Phi) is 2.50. The molecule has 2 rings (SSSR count). The van der Waals surface area contributed by atoms with E-state index < -0.39 is 0 Å². The summed E-state index contributed by atoms with van der Waals surface area (Å²) in [5, 5.41) is 0. The third-order valence-electron chi connectivity index (χ3n) is 3.14. The van der Waals surface area contributed by atoms with E-state index in [4.69, 9.17) is 4.74 Å². The molecule has 0 aromatic carbocycles. The maximum absolute atomic E-state index is 5.77. The largest absolute Gasteiger partial charge is 0.374 e. The maximum Gasteiger partial charge on any atom is 0.0678 e. The van der Waals surface area contributed by atoms with E-state index in [1.165, 1.54) is 44.1 Å². The Labute approximate surface area is 74.8 Å². The smallest absolute Gasteiger partial charge is 0.0678 e. The summed E-state index contributed by atoms with van der Waals surface area (Å²) < 4.78 is 5.77. The summed E-state index contributed by atoms with van der Waals surface area (Å²) in [6.07, 6.45) is 8.62. The summed E-state index contributed by atoms with van der Waals surface area (Å²) in [7, 11) is 0. The monoisotopic (exact) mass is 166 g/mol. The summed E-state index contributed by atoms with van der Waals surface area (Å²) in [5.41, 5.74) is 1.30. The van der Waals surface area contributed by atoms with Crippen LogP contribution in [-0.4, -0.2) is 12.7 Å². The van der Waals surface area contributed by atoms with E-state index in [1.807, 2.05) is 0 Å². The van der Waals surface area contributed by atoms with Gasteiger partial charge < -0.3 is 4.74 Å². The van der Waals surface area contributed by atoms with Crippen molar-refractivity contribution in [2.24, 2.45) is 5.92 Å². The molecule has 1 nitrogen and oxygen atoms in total. The predicted molar refractivity (Wildman–Crippen MR) is 50.1 cm³/mol. The van der Waals surface area contributed by atoms with Gasteiger partial charge in [-0.3, -0.25) is 0 Å². The first-order chi connectivity index (χ1) is 5.86. The van der Waals surface area contributed by atoms with Gasteiger partial charge in [0, 0.05) is 0 Å². The van der Waals surface area contributed by atoms with Crippen LogP contribution in [0.3, 0.4) is 0 Å². The Morgan fingerprint density at radius 3 is 2.92 bits per heavy atom. The fraction of sp³-hybridized carbons (Fsp3) is 0.818. The minimum Gasteiger partial charge on any atom is -0.374 e. The van der Waals surface area contributed by atoms with Crippen molar-refractivity contribution in [1.29, 1.82) is 0 Å². The minimum absolute atomic E-state index is 0.568. The SMILES string of the molecule is C=C1CO[C@H]2CCCCC[C@@H]2C1. The van der Waals surface area contributed by atoms with Crippen LogP contribution < -0.4 is 0 Å². The van der Waals surface area contributed by atoms with Gasteiger partial charge in [0.1, 0.15) is 0 Å². The highest BCUT2D eigenvalue weighted by atomic mass is 16.5. The first-order valence-corrected chi connectivity index (χ1v) is 5.14. The number of fused-ring (bicyclic) bond motifs is 1. The average molecular weight is 166 g/mol. The minimum atomic E-state index is 0.568. The van der Waals surface area contributed by atoms with Crippen LogP contribution in [0.25, 0.3) is 0 Å². The summed E-state index contributed by atoms with van der Waals surface area (Å²) in [6.45, 7) is 4.83. The van der Waals surface area contributed by atoms with Gasteiger partial charge in [0.2, 0.25) is 0 Å². The number of hydrogen-bond acceptors (Lipinski definition) is 1. The topological polar surface area (TPSA) is 9.23 Å². The summed E-state index contributed by atoms with van der Waals surface area (Å²) >= 11 is 0. The molecule has 1 heterocycles. The molecule has 2 aliphatic rings. The summed E-state index contributed by atoms with van der Waals surface area (Å²) in [5.74, 6) is 0.800. The highest BCUT2D eigenvalue weighted by Gasteiger charge is 2.28. The van der Waals surface area contributed by atoms with Gasteiger partial charge in [0.15, 0.2) is 0 Å². The zero-order chi connectivity index (χ0) is 8.39. The van der Waals surface area contributed by atoms with Crippen LogP contribution in [0.1, 0.15) is 38.5 Å². The van der Waals surface area contributed by atoms with Crippen LogP contribution in [0.4, 0.5) is 0 Å². The van der Waals surface area contributed by atoms with Crippen molar-refractivity contribution >= 4 is 0 Å². The average Bonchev–Trinajstić information content (AvgIpc) is 2.28. The second-order valence-corrected chi connectivity index (χ2v) is 4.20. The Bertz CT molecular complexity index is 174. The molecule has 1 aliphatic heterocycles. The highest BCUT2D eigenvalue weighted by Crippen LogP contribution is 2.33. The lowest BCUT2D eigenvalue weighted by atomic mass is 9.88. The zero-order valence-electron chi connectivity index (χ0n) is 7.72. The lowest BCUT2D eigenvalue weighted by molar-refractivity contribution is -0.00338. The van der Waals surface area contributed by atoms with Crippen LogP contribution in [0.5, 0.6) is 0 Å². The van der Waals surface area contributed by atoms with Crippen molar-refractivity contribution in [1.82, 2.24) is 0 Å². The number of ether oxygens (including phenoxy) is 1. The Morgan fingerprint density at radius 2 is 2.00 bits per heavy atom. The van der Waals surface area contributed by atoms with Crippen LogP contribution >= 0.6 is 0 Å². The van der Waals surface area contributed by atoms with Crippen molar-refractivity contribution < 1.29 is 4.74 Å². The van der Waals surface area contributed by atoms with Crippen molar-refractivity contribution in [3.63, 3.8) is 0 Å². The molecule has 0 amide bonds. The van der Waals surface area contributed by atoms with Gasteiger partial charge in [0.05, 0.1) is 12.7 Å². The van der Waals surface area contributed by atoms with E-state index >= 15 is 0 Å². The van der Waals surface area contributed by atoms with Gasteiger partial charge in [-0.25, -0.2) is 0 Å². The fourth-order valence-electron chi connectivity index (χ4n) is 2.46. The Morgan fingerprint density at radius 1 is 1.17 bits per heavy atom. The van der Waals surface area contributed by atoms with Crippen LogP contribution in [-0.2, 0) is 4.74 Å². The molecular formula is C11H18O. The van der Waals surface area contributed by atoms with E-state index in [0.29, 0.717) is 6.10 Å². The lowest BCUT2D eigenvalue weighted by Crippen LogP contribution is -2.29. The molecule has 1 aliphatic carbocycles. The van der Waals surface area contributed by atoms with Gasteiger partial charge in [-0.05, 0) is 25.2 Å². The normalized spacial score (nSPS) is 37.2. The van der Waals surface area contributed by atoms with Crippen LogP contribution in [0, 0.1) is 5.92 Å². The van der Waals surface area contributed by atoms with Gasteiger partial charge in [0.25, 0.3) is 0 Å². The second-order valence-electron chi connectivity index (χ2n) is 4.20. The molecule has 1 saturated heterocycles. The number of rotatable bonds is 0. The van der Waals surface area contributed by atoms with Gasteiger partial charge in [-0.2, -0.15) is 0 Å². The molecule has 0 aromatic rings. The highest BCUT2D eigenvalue weighted by molar-refractivity contribution is 5.01. The van der Waals surface area contributed by atoms with Crippen molar-refractivity contribution in [2.75, 3.05) is 6.61 Å². The standard InChI is InChI=1S/C11H18O/c1-9-7-10-5-3-2-4-6-11(10)12-8-9/h10-11H,1-8H2/t10-,11+/m1/s1. The molecule has 1 heteroatoms. The summed E-state index contributed by atoms with van der Waals surface area (Å²) in [6, 6.07) is 0. The molecule has 0 radical (unpaired) electrons. The molecule has 0 unspecified atom stereocenters. The molecule has 68 valence electrons. The van der Waals surface area contributed by atoms with E-state index in [1.54, 1.807) is 0 Å². The van der Waals surface area contributed by atoms with Crippen molar-refractivity contribution in [3.05, 3.63) is 12.2 Å². The van der Waals surface area contributed by atoms with Crippen molar-refractivity contribution in [2.45, 2.75) is 44.6 Å². The molecule has 0 aromatic heterocycles. The molecule has 0 spiro atoms. The van der Waals surface area contributed by atoms with Crippen molar-refractivity contribution in [3.8, 4) is 0 Å². The molecule has 12 heavy (non-hydrogen) atoms. The molecular weight excluding hydrogens is 148 g/mol. The van der Waals surface area contributed by atoms with E-state index in [9.17, 15) is 0 Å². The van der Waals surface area contributed by atoms with Crippen LogP contribution in [0.15, 0.2) is 12.2 Å². The molecule has 1 saturated carbocycles. The maximum atomic E-state index is 5.77. The number of hydrogen-bond donors (Lipinski definition) is 0. The van der Waals surface area contributed by atoms with Crippen LogP contribution in [0.2, 0.25) is 0 Å². The van der Waals surface area contributed by atoms with E-state index in [0.717, 1.165) is 12.5 Å². The Hall–Kier alpha value is -0.300. The van der Waals surface area contributed by atoms with Gasteiger partial charge >= 0.3 is 0 Å². The Balaban J connectivity index is 1.99. The molecule has 2 atom stereocenters. The first kappa shape index (κ1) is 8.31. The van der Waals surface area contributed by atoms with E-state index in [2.05, 4.69) is 6.58 Å². The molecule has 2 fully saturated rings.